The molecule has 1 aliphatic rings. The average molecular weight is 440 g/mol. The van der Waals surface area contributed by atoms with Crippen molar-refractivity contribution in [2.24, 2.45) is 10.7 Å². The number of aromatic nitrogens is 3. The molecule has 0 saturated carbocycles. The summed E-state index contributed by atoms with van der Waals surface area (Å²) in [6, 6.07) is 6.24. The van der Waals surface area contributed by atoms with Crippen LogP contribution in [0.4, 0.5) is 5.69 Å². The summed E-state index contributed by atoms with van der Waals surface area (Å²) < 4.78 is 2.20. The standard InChI is InChI=1S/C17H24N6.HI/c1-12-8-13(2)10-14(9-12)20-17(18)19-11-16-22-21-15-6-4-3-5-7-23(15)16;/h8-10H,3-7,11H2,1-2H3,(H3,18,19,20);1H. The predicted octanol–water partition coefficient (Wildman–Crippen LogP) is 3.17. The monoisotopic (exact) mass is 440 g/mol. The van der Waals surface area contributed by atoms with Crippen molar-refractivity contribution in [3.05, 3.63) is 41.0 Å². The fraction of sp³-hybridized carbons (Fsp3) is 0.471. The van der Waals surface area contributed by atoms with Crippen LogP contribution < -0.4 is 11.1 Å². The number of nitrogens with two attached hydrogens (primary N) is 1. The lowest BCUT2D eigenvalue weighted by atomic mass is 10.1. The summed E-state index contributed by atoms with van der Waals surface area (Å²) in [6.07, 6.45) is 4.63. The van der Waals surface area contributed by atoms with E-state index >= 15 is 0 Å². The van der Waals surface area contributed by atoms with E-state index in [0.717, 1.165) is 30.3 Å². The van der Waals surface area contributed by atoms with E-state index in [9.17, 15) is 0 Å². The van der Waals surface area contributed by atoms with E-state index in [2.05, 4.69) is 57.1 Å². The van der Waals surface area contributed by atoms with Crippen molar-refractivity contribution in [1.29, 1.82) is 0 Å². The van der Waals surface area contributed by atoms with Crippen LogP contribution in [0, 0.1) is 13.8 Å². The molecular formula is C17H25IN6. The highest BCUT2D eigenvalue weighted by Gasteiger charge is 2.14. The second kappa shape index (κ2) is 8.46. The Morgan fingerprint density at radius 1 is 1.17 bits per heavy atom. The van der Waals surface area contributed by atoms with Crippen LogP contribution in [0.1, 0.15) is 42.0 Å². The molecule has 0 aliphatic carbocycles. The van der Waals surface area contributed by atoms with Crippen LogP contribution in [0.25, 0.3) is 0 Å². The van der Waals surface area contributed by atoms with Crippen LogP contribution in [0.2, 0.25) is 0 Å². The first-order valence-corrected chi connectivity index (χ1v) is 8.18. The molecule has 0 spiro atoms. The molecule has 0 radical (unpaired) electrons. The number of aryl methyl sites for hydroxylation is 3. The Balaban J connectivity index is 0.00000208. The van der Waals surface area contributed by atoms with E-state index in [4.69, 9.17) is 5.73 Å². The zero-order valence-corrected chi connectivity index (χ0v) is 16.6. The van der Waals surface area contributed by atoms with E-state index in [1.165, 1.54) is 30.4 Å². The van der Waals surface area contributed by atoms with Gasteiger partial charge in [0, 0.05) is 18.7 Å². The van der Waals surface area contributed by atoms with Crippen LogP contribution >= 0.6 is 24.0 Å². The molecule has 0 unspecified atom stereocenters. The van der Waals surface area contributed by atoms with E-state index < -0.39 is 0 Å². The third kappa shape index (κ3) is 4.68. The summed E-state index contributed by atoms with van der Waals surface area (Å²) >= 11 is 0. The number of anilines is 1. The van der Waals surface area contributed by atoms with Crippen LogP contribution in [0.15, 0.2) is 23.2 Å². The Kier molecular flexibility index (Phi) is 6.59. The van der Waals surface area contributed by atoms with E-state index in [0.29, 0.717) is 12.5 Å². The zero-order valence-electron chi connectivity index (χ0n) is 14.2. The Morgan fingerprint density at radius 3 is 2.67 bits per heavy atom. The van der Waals surface area contributed by atoms with Gasteiger partial charge in [0.05, 0.1) is 0 Å². The van der Waals surface area contributed by atoms with Gasteiger partial charge in [0.2, 0.25) is 0 Å². The summed E-state index contributed by atoms with van der Waals surface area (Å²) in [7, 11) is 0. The third-order valence-electron chi connectivity index (χ3n) is 4.07. The van der Waals surface area contributed by atoms with Crippen LogP contribution in [0.3, 0.4) is 0 Å². The minimum atomic E-state index is 0. The van der Waals surface area contributed by atoms with Gasteiger partial charge in [-0.25, -0.2) is 4.99 Å². The summed E-state index contributed by atoms with van der Waals surface area (Å²) in [5, 5.41) is 11.7. The molecule has 1 aliphatic heterocycles. The smallest absolute Gasteiger partial charge is 0.193 e. The molecule has 1 aromatic carbocycles. The van der Waals surface area contributed by atoms with Crippen molar-refractivity contribution in [2.45, 2.75) is 52.6 Å². The average Bonchev–Trinajstić information content (AvgIpc) is 2.71. The van der Waals surface area contributed by atoms with E-state index in [1.807, 2.05) is 0 Å². The van der Waals surface area contributed by atoms with Gasteiger partial charge in [-0.3, -0.25) is 0 Å². The van der Waals surface area contributed by atoms with Crippen LogP contribution in [-0.4, -0.2) is 20.7 Å². The molecule has 3 N–H and O–H groups in total. The summed E-state index contributed by atoms with van der Waals surface area (Å²) in [5.74, 6) is 2.38. The Hall–Kier alpha value is -1.64. The van der Waals surface area contributed by atoms with E-state index in [1.54, 1.807) is 0 Å². The van der Waals surface area contributed by atoms with Gasteiger partial charge in [-0.05, 0) is 49.9 Å². The maximum atomic E-state index is 6.01. The second-order valence-electron chi connectivity index (χ2n) is 6.20. The zero-order chi connectivity index (χ0) is 16.2. The number of fused-ring (bicyclic) bond motifs is 1. The number of hydrogen-bond acceptors (Lipinski definition) is 3. The SMILES string of the molecule is Cc1cc(C)cc(NC(N)=NCc2nnc3n2CCCCC3)c1.I. The Morgan fingerprint density at radius 2 is 1.92 bits per heavy atom. The van der Waals surface area contributed by atoms with Gasteiger partial charge in [-0.1, -0.05) is 12.5 Å². The van der Waals surface area contributed by atoms with Gasteiger partial charge >= 0.3 is 0 Å². The summed E-state index contributed by atoms with van der Waals surface area (Å²) in [4.78, 5) is 4.42. The van der Waals surface area contributed by atoms with Gasteiger partial charge in [-0.2, -0.15) is 0 Å². The summed E-state index contributed by atoms with van der Waals surface area (Å²) in [6.45, 7) is 5.57. The van der Waals surface area contributed by atoms with Crippen molar-refractivity contribution in [3.63, 3.8) is 0 Å². The van der Waals surface area contributed by atoms with Gasteiger partial charge in [0.25, 0.3) is 0 Å². The molecule has 0 bridgehead atoms. The lowest BCUT2D eigenvalue weighted by Crippen LogP contribution is -2.23. The van der Waals surface area contributed by atoms with Crippen molar-refractivity contribution < 1.29 is 0 Å². The van der Waals surface area contributed by atoms with Crippen molar-refractivity contribution in [2.75, 3.05) is 5.32 Å². The normalized spacial score (nSPS) is 14.5. The number of halogens is 1. The molecule has 1 aromatic heterocycles. The van der Waals surface area contributed by atoms with Gasteiger partial charge in [0.15, 0.2) is 11.8 Å². The number of nitrogens with zero attached hydrogens (tertiary/aromatic N) is 4. The van der Waals surface area contributed by atoms with Gasteiger partial charge in [0.1, 0.15) is 12.4 Å². The Labute approximate surface area is 160 Å². The summed E-state index contributed by atoms with van der Waals surface area (Å²) in [5.41, 5.74) is 9.37. The lowest BCUT2D eigenvalue weighted by molar-refractivity contribution is 0.606. The highest BCUT2D eigenvalue weighted by atomic mass is 127. The highest BCUT2D eigenvalue weighted by molar-refractivity contribution is 14.0. The molecule has 2 heterocycles. The molecular weight excluding hydrogens is 415 g/mol. The maximum Gasteiger partial charge on any atom is 0.193 e. The van der Waals surface area contributed by atoms with E-state index in [-0.39, 0.29) is 24.0 Å². The first kappa shape index (κ1) is 18.7. The van der Waals surface area contributed by atoms with Crippen LogP contribution in [-0.2, 0) is 19.5 Å². The molecule has 0 fully saturated rings. The number of rotatable bonds is 3. The molecule has 0 amide bonds. The minimum absolute atomic E-state index is 0. The molecule has 0 atom stereocenters. The number of aliphatic imine (C=N–C) groups is 1. The first-order valence-electron chi connectivity index (χ1n) is 8.18. The van der Waals surface area contributed by atoms with Crippen molar-refractivity contribution >= 4 is 35.6 Å². The second-order valence-corrected chi connectivity index (χ2v) is 6.20. The number of guanidine groups is 1. The quantitative estimate of drug-likeness (QED) is 0.437. The Bertz CT molecular complexity index is 702. The molecule has 0 saturated heterocycles. The van der Waals surface area contributed by atoms with Crippen LogP contribution in [0.5, 0.6) is 0 Å². The number of nitrogens with one attached hydrogen (secondary N) is 1. The molecule has 7 heteroatoms. The maximum absolute atomic E-state index is 6.01. The molecule has 2 aromatic rings. The highest BCUT2D eigenvalue weighted by Crippen LogP contribution is 2.15. The largest absolute Gasteiger partial charge is 0.370 e. The number of hydrogen-bond donors (Lipinski definition) is 2. The molecule has 24 heavy (non-hydrogen) atoms. The molecule has 3 rings (SSSR count). The van der Waals surface area contributed by atoms with Gasteiger partial charge in [-0.15, -0.1) is 34.2 Å². The predicted molar refractivity (Wildman–Crippen MR) is 108 cm³/mol. The molecule has 6 nitrogen and oxygen atoms in total. The lowest BCUT2D eigenvalue weighted by Gasteiger charge is -2.08. The first-order chi connectivity index (χ1) is 11.1. The minimum Gasteiger partial charge on any atom is -0.370 e. The topological polar surface area (TPSA) is 81.1 Å². The fourth-order valence-corrected chi connectivity index (χ4v) is 3.05. The van der Waals surface area contributed by atoms with Gasteiger partial charge < -0.3 is 15.6 Å². The number of benzene rings is 1. The molecule has 130 valence electrons. The van der Waals surface area contributed by atoms with Crippen molar-refractivity contribution in [3.8, 4) is 0 Å². The third-order valence-corrected chi connectivity index (χ3v) is 4.07. The van der Waals surface area contributed by atoms with Crippen molar-refractivity contribution in [1.82, 2.24) is 14.8 Å². The fourth-order valence-electron chi connectivity index (χ4n) is 3.05.